The van der Waals surface area contributed by atoms with Crippen LogP contribution in [-0.2, 0) is 13.0 Å². The van der Waals surface area contributed by atoms with Crippen LogP contribution in [0.5, 0.6) is 0 Å². The van der Waals surface area contributed by atoms with Crippen LogP contribution in [0.25, 0.3) is 0 Å². The molecule has 0 aliphatic heterocycles. The second kappa shape index (κ2) is 5.27. The van der Waals surface area contributed by atoms with Gasteiger partial charge in [0, 0.05) is 30.7 Å². The third-order valence-electron chi connectivity index (χ3n) is 2.22. The topological polar surface area (TPSA) is 55.6 Å². The van der Waals surface area contributed by atoms with E-state index in [1.54, 1.807) is 0 Å². The van der Waals surface area contributed by atoms with Gasteiger partial charge in [-0.25, -0.2) is 4.98 Å². The van der Waals surface area contributed by atoms with E-state index in [2.05, 4.69) is 33.6 Å². The van der Waals surface area contributed by atoms with Crippen LogP contribution in [0, 0.1) is 5.92 Å². The largest absolute Gasteiger partial charge is 0.328 e. The molecule has 1 N–H and O–H groups in total. The van der Waals surface area contributed by atoms with Crippen LogP contribution in [0.4, 0.5) is 10.8 Å². The molecule has 6 heteroatoms. The van der Waals surface area contributed by atoms with Crippen molar-refractivity contribution in [3.63, 3.8) is 0 Å². The summed E-state index contributed by atoms with van der Waals surface area (Å²) in [7, 11) is 0. The van der Waals surface area contributed by atoms with Gasteiger partial charge < -0.3 is 5.32 Å². The molecule has 0 bridgehead atoms. The summed E-state index contributed by atoms with van der Waals surface area (Å²) >= 11 is 1.38. The molecule has 17 heavy (non-hydrogen) atoms. The second-order valence-corrected chi connectivity index (χ2v) is 5.09. The van der Waals surface area contributed by atoms with Gasteiger partial charge in [-0.2, -0.15) is 9.47 Å². The lowest BCUT2D eigenvalue weighted by Crippen LogP contribution is -2.04. The van der Waals surface area contributed by atoms with Crippen molar-refractivity contribution in [3.05, 3.63) is 18.2 Å². The quantitative estimate of drug-likeness (QED) is 0.887. The molecule has 0 aliphatic carbocycles. The summed E-state index contributed by atoms with van der Waals surface area (Å²) in [6, 6.07) is 0. The normalized spacial score (nSPS) is 11.1. The van der Waals surface area contributed by atoms with Gasteiger partial charge in [-0.15, -0.1) is 0 Å². The second-order valence-electron chi connectivity index (χ2n) is 4.34. The summed E-state index contributed by atoms with van der Waals surface area (Å²) in [5.74, 6) is 1.48. The first-order valence-electron chi connectivity index (χ1n) is 5.79. The number of aryl methyl sites for hydroxylation is 1. The molecule has 92 valence electrons. The van der Waals surface area contributed by atoms with Crippen molar-refractivity contribution < 1.29 is 0 Å². The summed E-state index contributed by atoms with van der Waals surface area (Å²) in [6.45, 7) is 7.32. The lowest BCUT2D eigenvalue weighted by Gasteiger charge is -2.03. The summed E-state index contributed by atoms with van der Waals surface area (Å²) in [6.07, 6.45) is 4.67. The zero-order chi connectivity index (χ0) is 12.3. The zero-order valence-electron chi connectivity index (χ0n) is 10.3. The van der Waals surface area contributed by atoms with E-state index in [1.165, 1.54) is 11.5 Å². The number of rotatable bonds is 5. The first kappa shape index (κ1) is 12.0. The average molecular weight is 251 g/mol. The molecule has 2 aromatic rings. The minimum absolute atomic E-state index is 0.593. The minimum atomic E-state index is 0.593. The monoisotopic (exact) mass is 251 g/mol. The maximum absolute atomic E-state index is 4.35. The summed E-state index contributed by atoms with van der Waals surface area (Å²) in [4.78, 5) is 4.35. The van der Waals surface area contributed by atoms with Crippen LogP contribution < -0.4 is 5.32 Å². The molecule has 0 aliphatic rings. The molecule has 0 saturated carbocycles. The molecule has 2 rings (SSSR count). The van der Waals surface area contributed by atoms with Gasteiger partial charge in [0.25, 0.3) is 0 Å². The number of aromatic nitrogens is 4. The molecule has 2 heterocycles. The van der Waals surface area contributed by atoms with Gasteiger partial charge >= 0.3 is 0 Å². The molecule has 0 aromatic carbocycles. The van der Waals surface area contributed by atoms with Gasteiger partial charge in [0.1, 0.15) is 5.82 Å². The van der Waals surface area contributed by atoms with E-state index in [0.717, 1.165) is 29.6 Å². The van der Waals surface area contributed by atoms with E-state index in [0.29, 0.717) is 5.92 Å². The van der Waals surface area contributed by atoms with E-state index in [-0.39, 0.29) is 0 Å². The molecule has 5 nitrogen and oxygen atoms in total. The average Bonchev–Trinajstić information content (AvgIpc) is 2.88. The zero-order valence-corrected chi connectivity index (χ0v) is 11.2. The minimum Gasteiger partial charge on any atom is -0.328 e. The Bertz CT molecular complexity index is 474. The highest BCUT2D eigenvalue weighted by atomic mass is 32.1. The third-order valence-corrected chi connectivity index (χ3v) is 2.89. The Morgan fingerprint density at radius 2 is 2.29 bits per heavy atom. The Kier molecular flexibility index (Phi) is 3.73. The fourth-order valence-corrected chi connectivity index (χ4v) is 2.15. The van der Waals surface area contributed by atoms with Crippen LogP contribution in [0.1, 0.15) is 26.6 Å². The highest BCUT2D eigenvalue weighted by Gasteiger charge is 2.05. The molecule has 0 spiro atoms. The first-order valence-corrected chi connectivity index (χ1v) is 6.56. The molecule has 0 radical (unpaired) electrons. The molecule has 2 aromatic heterocycles. The summed E-state index contributed by atoms with van der Waals surface area (Å²) in [5.41, 5.74) is 0.962. The van der Waals surface area contributed by atoms with Crippen molar-refractivity contribution in [2.24, 2.45) is 5.92 Å². The fourth-order valence-electron chi connectivity index (χ4n) is 1.47. The van der Waals surface area contributed by atoms with E-state index in [9.17, 15) is 0 Å². The number of hydrogen-bond acceptors (Lipinski definition) is 5. The predicted octanol–water partition coefficient (Wildman–Crippen LogP) is 2.70. The Hall–Kier alpha value is -1.43. The highest BCUT2D eigenvalue weighted by molar-refractivity contribution is 7.09. The maximum Gasteiger partial charge on any atom is 0.207 e. The van der Waals surface area contributed by atoms with E-state index in [4.69, 9.17) is 0 Å². The van der Waals surface area contributed by atoms with Gasteiger partial charge in [-0.05, 0) is 5.92 Å². The van der Waals surface area contributed by atoms with Crippen molar-refractivity contribution in [1.29, 1.82) is 0 Å². The molecule has 0 atom stereocenters. The molecule has 0 amide bonds. The molecular formula is C11H17N5S. The van der Waals surface area contributed by atoms with Crippen molar-refractivity contribution in [1.82, 2.24) is 19.1 Å². The van der Waals surface area contributed by atoms with Gasteiger partial charge in [-0.1, -0.05) is 20.8 Å². The number of anilines is 2. The lowest BCUT2D eigenvalue weighted by atomic mass is 10.2. The SMILES string of the molecule is CCc1nsc(Nc2cnn(CC(C)C)c2)n1. The summed E-state index contributed by atoms with van der Waals surface area (Å²) in [5, 5.41) is 8.33. The smallest absolute Gasteiger partial charge is 0.207 e. The molecule has 0 fully saturated rings. The van der Waals surface area contributed by atoms with Crippen molar-refractivity contribution in [2.45, 2.75) is 33.7 Å². The van der Waals surface area contributed by atoms with Crippen LogP contribution in [0.3, 0.4) is 0 Å². The van der Waals surface area contributed by atoms with Crippen molar-refractivity contribution in [2.75, 3.05) is 5.32 Å². The van der Waals surface area contributed by atoms with Gasteiger partial charge in [-0.3, -0.25) is 4.68 Å². The molecule has 0 saturated heterocycles. The van der Waals surface area contributed by atoms with Crippen LogP contribution >= 0.6 is 11.5 Å². The number of nitrogens with zero attached hydrogens (tertiary/aromatic N) is 4. The van der Waals surface area contributed by atoms with Gasteiger partial charge in [0.15, 0.2) is 0 Å². The Morgan fingerprint density at radius 1 is 1.47 bits per heavy atom. The van der Waals surface area contributed by atoms with Crippen molar-refractivity contribution in [3.8, 4) is 0 Å². The van der Waals surface area contributed by atoms with Crippen LogP contribution in [0.2, 0.25) is 0 Å². The van der Waals surface area contributed by atoms with Gasteiger partial charge in [0.2, 0.25) is 5.13 Å². The first-order chi connectivity index (χ1) is 8.17. The molecule has 0 unspecified atom stereocenters. The van der Waals surface area contributed by atoms with E-state index < -0.39 is 0 Å². The van der Waals surface area contributed by atoms with Crippen molar-refractivity contribution >= 4 is 22.4 Å². The Balaban J connectivity index is 2.01. The maximum atomic E-state index is 4.35. The predicted molar refractivity (Wildman–Crippen MR) is 69.6 cm³/mol. The fraction of sp³-hybridized carbons (Fsp3) is 0.545. The Morgan fingerprint density at radius 3 is 2.94 bits per heavy atom. The highest BCUT2D eigenvalue weighted by Crippen LogP contribution is 2.18. The summed E-state index contributed by atoms with van der Waals surface area (Å²) < 4.78 is 6.17. The van der Waals surface area contributed by atoms with E-state index >= 15 is 0 Å². The Labute approximate surface area is 105 Å². The van der Waals surface area contributed by atoms with Crippen LogP contribution in [-0.4, -0.2) is 19.1 Å². The van der Waals surface area contributed by atoms with Crippen LogP contribution in [0.15, 0.2) is 12.4 Å². The third kappa shape index (κ3) is 3.26. The molecular weight excluding hydrogens is 234 g/mol. The number of hydrogen-bond donors (Lipinski definition) is 1. The van der Waals surface area contributed by atoms with E-state index in [1.807, 2.05) is 24.0 Å². The van der Waals surface area contributed by atoms with Gasteiger partial charge in [0.05, 0.1) is 11.9 Å². The standard InChI is InChI=1S/C11H17N5S/c1-4-10-14-11(17-15-10)13-9-5-12-16(7-9)6-8(2)3/h5,7-8H,4,6H2,1-3H3,(H,13,14,15). The lowest BCUT2D eigenvalue weighted by molar-refractivity contribution is 0.483. The number of nitrogens with one attached hydrogen (secondary N) is 1.